The summed E-state index contributed by atoms with van der Waals surface area (Å²) in [5.41, 5.74) is 0.624. The molecule has 1 aromatic rings. The lowest BCUT2D eigenvalue weighted by Gasteiger charge is -2.09. The molecule has 0 aromatic heterocycles. The van der Waals surface area contributed by atoms with E-state index in [0.29, 0.717) is 17.9 Å². The Kier molecular flexibility index (Phi) is 5.75. The van der Waals surface area contributed by atoms with Crippen LogP contribution in [0.1, 0.15) is 6.42 Å². The monoisotopic (exact) mass is 339 g/mol. The van der Waals surface area contributed by atoms with Gasteiger partial charge in [-0.3, -0.25) is 4.79 Å². The first-order valence-electron chi connectivity index (χ1n) is 6.77. The van der Waals surface area contributed by atoms with Crippen LogP contribution in [0.25, 0.3) is 0 Å². The number of hydrogen-bond donors (Lipinski definition) is 1. The number of thioether (sulfide) groups is 1. The van der Waals surface area contributed by atoms with Crippen LogP contribution in [0.2, 0.25) is 0 Å². The van der Waals surface area contributed by atoms with Crippen LogP contribution in [-0.2, 0) is 14.6 Å². The number of amides is 1. The van der Waals surface area contributed by atoms with Crippen molar-refractivity contribution in [2.45, 2.75) is 11.7 Å². The minimum Gasteiger partial charge on any atom is -0.481 e. The number of benzene rings is 1. The van der Waals surface area contributed by atoms with Crippen molar-refractivity contribution in [3.63, 3.8) is 0 Å². The largest absolute Gasteiger partial charge is 0.481 e. The zero-order valence-electron chi connectivity index (χ0n) is 11.9. The summed E-state index contributed by atoms with van der Waals surface area (Å²) in [6, 6.07) is 6.97. The molecule has 1 fully saturated rings. The summed E-state index contributed by atoms with van der Waals surface area (Å²) >= 11 is 1.38. The van der Waals surface area contributed by atoms with E-state index in [-0.39, 0.29) is 35.0 Å². The number of rotatable bonds is 6. The van der Waals surface area contributed by atoms with Crippen LogP contribution in [0.5, 0.6) is 5.75 Å². The van der Waals surface area contributed by atoms with Gasteiger partial charge in [-0.05, 0) is 18.6 Å². The van der Waals surface area contributed by atoms with E-state index in [1.165, 1.54) is 11.8 Å². The van der Waals surface area contributed by atoms with Crippen molar-refractivity contribution in [3.05, 3.63) is 24.3 Å². The maximum absolute atomic E-state index is 11.9. The maximum Gasteiger partial charge on any atom is 0.234 e. The van der Waals surface area contributed by atoms with E-state index in [4.69, 9.17) is 11.2 Å². The van der Waals surface area contributed by atoms with Gasteiger partial charge in [0, 0.05) is 17.0 Å². The first-order chi connectivity index (χ1) is 10.5. The Morgan fingerprint density at radius 3 is 3.00 bits per heavy atom. The fourth-order valence-corrected chi connectivity index (χ4v) is 5.51. The number of hydrogen-bond acceptors (Lipinski definition) is 5. The first kappa shape index (κ1) is 16.7. The highest BCUT2D eigenvalue weighted by atomic mass is 32.2. The average molecular weight is 339 g/mol. The van der Waals surface area contributed by atoms with Gasteiger partial charge in [-0.1, -0.05) is 12.0 Å². The summed E-state index contributed by atoms with van der Waals surface area (Å²) in [5, 5.41) is 2.78. The summed E-state index contributed by atoms with van der Waals surface area (Å²) in [6.45, 7) is 0.170. The van der Waals surface area contributed by atoms with Gasteiger partial charge in [0.25, 0.3) is 0 Å². The third-order valence-corrected chi connectivity index (χ3v) is 6.36. The fraction of sp³-hybridized carbons (Fsp3) is 0.400. The Bertz CT molecular complexity index is 679. The normalized spacial score (nSPS) is 19.3. The predicted octanol–water partition coefficient (Wildman–Crippen LogP) is 1.56. The number of terminal acetylenes is 1. The topological polar surface area (TPSA) is 72.5 Å². The van der Waals surface area contributed by atoms with Gasteiger partial charge in [0.1, 0.15) is 12.4 Å². The molecule has 0 radical (unpaired) electrons. The summed E-state index contributed by atoms with van der Waals surface area (Å²) < 4.78 is 28.0. The zero-order chi connectivity index (χ0) is 16.0. The van der Waals surface area contributed by atoms with E-state index in [2.05, 4.69) is 11.2 Å². The summed E-state index contributed by atoms with van der Waals surface area (Å²) in [5.74, 6) is 3.42. The van der Waals surface area contributed by atoms with Crippen LogP contribution in [-0.4, -0.2) is 43.4 Å². The van der Waals surface area contributed by atoms with E-state index in [1.807, 2.05) is 0 Å². The molecule has 1 aliphatic rings. The van der Waals surface area contributed by atoms with Crippen LogP contribution >= 0.6 is 11.8 Å². The van der Waals surface area contributed by atoms with Gasteiger partial charge < -0.3 is 10.1 Å². The van der Waals surface area contributed by atoms with Gasteiger partial charge in [-0.15, -0.1) is 18.2 Å². The molecule has 1 N–H and O–H groups in total. The molecule has 0 unspecified atom stereocenters. The van der Waals surface area contributed by atoms with Crippen molar-refractivity contribution >= 4 is 33.2 Å². The summed E-state index contributed by atoms with van der Waals surface area (Å²) in [6.07, 6.45) is 5.74. The lowest BCUT2D eigenvalue weighted by molar-refractivity contribution is -0.113. The van der Waals surface area contributed by atoms with Gasteiger partial charge in [0.15, 0.2) is 9.84 Å². The molecule has 0 bridgehead atoms. The van der Waals surface area contributed by atoms with Gasteiger partial charge in [-0.25, -0.2) is 8.42 Å². The van der Waals surface area contributed by atoms with Crippen molar-refractivity contribution in [1.82, 2.24) is 0 Å². The summed E-state index contributed by atoms with van der Waals surface area (Å²) in [4.78, 5) is 11.9. The Morgan fingerprint density at radius 2 is 2.32 bits per heavy atom. The zero-order valence-corrected chi connectivity index (χ0v) is 13.6. The lowest BCUT2D eigenvalue weighted by Crippen LogP contribution is -2.17. The molecule has 2 rings (SSSR count). The van der Waals surface area contributed by atoms with E-state index < -0.39 is 9.84 Å². The molecule has 0 aliphatic carbocycles. The molecule has 1 saturated heterocycles. The molecular weight excluding hydrogens is 322 g/mol. The average Bonchev–Trinajstić information content (AvgIpc) is 2.83. The van der Waals surface area contributed by atoms with E-state index in [9.17, 15) is 13.2 Å². The Hall–Kier alpha value is -1.65. The highest BCUT2D eigenvalue weighted by Crippen LogP contribution is 2.24. The van der Waals surface area contributed by atoms with Crippen LogP contribution in [0, 0.1) is 12.3 Å². The Balaban J connectivity index is 1.81. The minimum atomic E-state index is -2.90. The second kappa shape index (κ2) is 7.56. The highest BCUT2D eigenvalue weighted by Gasteiger charge is 2.28. The Labute approximate surface area is 134 Å². The third-order valence-electron chi connectivity index (χ3n) is 3.08. The SMILES string of the molecule is C#CCOc1cccc(NC(=O)CS[C@H]2CCS(=O)(=O)C2)c1. The number of sulfone groups is 1. The van der Waals surface area contributed by atoms with Crippen molar-refractivity contribution < 1.29 is 17.9 Å². The van der Waals surface area contributed by atoms with Gasteiger partial charge in [0.2, 0.25) is 5.91 Å². The smallest absolute Gasteiger partial charge is 0.234 e. The molecule has 1 aromatic carbocycles. The number of carbonyl (C=O) groups excluding carboxylic acids is 1. The van der Waals surface area contributed by atoms with Crippen molar-refractivity contribution in [2.75, 3.05) is 29.2 Å². The quantitative estimate of drug-likeness (QED) is 0.796. The lowest BCUT2D eigenvalue weighted by atomic mass is 10.3. The third kappa shape index (κ3) is 5.28. The molecule has 1 amide bonds. The second-order valence-corrected chi connectivity index (χ2v) is 8.42. The molecule has 22 heavy (non-hydrogen) atoms. The highest BCUT2D eigenvalue weighted by molar-refractivity contribution is 8.02. The number of nitrogens with one attached hydrogen (secondary N) is 1. The van der Waals surface area contributed by atoms with Crippen LogP contribution in [0.4, 0.5) is 5.69 Å². The maximum atomic E-state index is 11.9. The fourth-order valence-electron chi connectivity index (χ4n) is 2.07. The molecule has 7 heteroatoms. The minimum absolute atomic E-state index is 0.0149. The standard InChI is InChI=1S/C15H17NO4S2/c1-2-7-20-13-5-3-4-12(9-13)16-15(17)10-21-14-6-8-22(18,19)11-14/h1,3-5,9,14H,6-8,10-11H2,(H,16,17)/t14-/m0/s1. The molecule has 1 heterocycles. The number of carbonyl (C=O) groups is 1. The molecule has 118 valence electrons. The van der Waals surface area contributed by atoms with Crippen LogP contribution < -0.4 is 10.1 Å². The van der Waals surface area contributed by atoms with E-state index >= 15 is 0 Å². The summed E-state index contributed by atoms with van der Waals surface area (Å²) in [7, 11) is -2.90. The molecule has 0 spiro atoms. The molecule has 1 aliphatic heterocycles. The molecular formula is C15H17NO4S2. The Morgan fingerprint density at radius 1 is 1.50 bits per heavy atom. The molecule has 0 saturated carbocycles. The van der Waals surface area contributed by atoms with Crippen molar-refractivity contribution in [2.24, 2.45) is 0 Å². The van der Waals surface area contributed by atoms with Gasteiger partial charge >= 0.3 is 0 Å². The van der Waals surface area contributed by atoms with Gasteiger partial charge in [0.05, 0.1) is 17.3 Å². The predicted molar refractivity (Wildman–Crippen MR) is 88.9 cm³/mol. The molecule has 1 atom stereocenters. The second-order valence-electron chi connectivity index (χ2n) is 4.90. The van der Waals surface area contributed by atoms with E-state index in [1.54, 1.807) is 24.3 Å². The van der Waals surface area contributed by atoms with Crippen molar-refractivity contribution in [3.8, 4) is 18.1 Å². The van der Waals surface area contributed by atoms with Gasteiger partial charge in [-0.2, -0.15) is 0 Å². The van der Waals surface area contributed by atoms with Crippen LogP contribution in [0.3, 0.4) is 0 Å². The van der Waals surface area contributed by atoms with E-state index in [0.717, 1.165) is 0 Å². The van der Waals surface area contributed by atoms with Crippen LogP contribution in [0.15, 0.2) is 24.3 Å². The first-order valence-corrected chi connectivity index (χ1v) is 9.64. The van der Waals surface area contributed by atoms with Crippen molar-refractivity contribution in [1.29, 1.82) is 0 Å². The molecule has 5 nitrogen and oxygen atoms in total. The number of ether oxygens (including phenoxy) is 1. The number of anilines is 1.